The number of aromatic nitrogens is 2. The molecule has 38 heavy (non-hydrogen) atoms. The second-order valence-electron chi connectivity index (χ2n) is 9.23. The number of ether oxygens (including phenoxy) is 3. The summed E-state index contributed by atoms with van der Waals surface area (Å²) >= 11 is 0. The minimum Gasteiger partial charge on any atom is -0.497 e. The van der Waals surface area contributed by atoms with Crippen molar-refractivity contribution in [3.05, 3.63) is 102 Å². The van der Waals surface area contributed by atoms with Gasteiger partial charge in [-0.05, 0) is 62.2 Å². The summed E-state index contributed by atoms with van der Waals surface area (Å²) in [7, 11) is 1.60. The molecule has 5 rings (SSSR count). The third-order valence-corrected chi connectivity index (χ3v) is 6.55. The second kappa shape index (κ2) is 11.5. The van der Waals surface area contributed by atoms with Crippen molar-refractivity contribution in [2.45, 2.75) is 32.4 Å². The third-order valence-electron chi connectivity index (χ3n) is 6.55. The first-order valence-corrected chi connectivity index (χ1v) is 12.6. The zero-order chi connectivity index (χ0) is 26.5. The molecule has 0 spiro atoms. The normalized spacial score (nSPS) is 14.9. The summed E-state index contributed by atoms with van der Waals surface area (Å²) in [5, 5.41) is 4.78. The summed E-state index contributed by atoms with van der Waals surface area (Å²) in [5.74, 6) is 0.992. The van der Waals surface area contributed by atoms with Crippen molar-refractivity contribution >= 4 is 5.91 Å². The highest BCUT2D eigenvalue weighted by atomic mass is 19.1. The molecule has 2 heterocycles. The van der Waals surface area contributed by atoms with Gasteiger partial charge in [-0.3, -0.25) is 4.79 Å². The van der Waals surface area contributed by atoms with E-state index in [1.54, 1.807) is 34.9 Å². The number of hydrogen-bond donors (Lipinski definition) is 0. The summed E-state index contributed by atoms with van der Waals surface area (Å²) in [6.07, 6.45) is 1.73. The topological polar surface area (TPSA) is 65.8 Å². The Labute approximate surface area is 221 Å². The second-order valence-corrected chi connectivity index (χ2v) is 9.23. The molecule has 7 nitrogen and oxygen atoms in total. The third kappa shape index (κ3) is 5.70. The van der Waals surface area contributed by atoms with Crippen molar-refractivity contribution in [3.8, 4) is 23.1 Å². The molecule has 1 amide bonds. The highest BCUT2D eigenvalue weighted by molar-refractivity contribution is 5.94. The molecule has 1 aliphatic heterocycles. The van der Waals surface area contributed by atoms with Crippen molar-refractivity contribution in [1.82, 2.24) is 14.7 Å². The van der Waals surface area contributed by atoms with E-state index in [9.17, 15) is 9.18 Å². The number of para-hydroxylation sites is 1. The van der Waals surface area contributed by atoms with Crippen LogP contribution in [-0.4, -0.2) is 47.0 Å². The lowest BCUT2D eigenvalue weighted by molar-refractivity contribution is 0.0505. The van der Waals surface area contributed by atoms with E-state index in [0.29, 0.717) is 30.5 Å². The van der Waals surface area contributed by atoms with Crippen LogP contribution in [0.15, 0.2) is 78.9 Å². The molecule has 1 fully saturated rings. The maximum Gasteiger partial charge on any atom is 0.254 e. The molecule has 1 aromatic heterocycles. The number of methoxy groups -OCH3 is 1. The summed E-state index contributed by atoms with van der Waals surface area (Å²) in [5.41, 5.74) is 2.57. The van der Waals surface area contributed by atoms with E-state index >= 15 is 0 Å². The van der Waals surface area contributed by atoms with Gasteiger partial charge in [0, 0.05) is 24.8 Å². The van der Waals surface area contributed by atoms with Crippen LogP contribution in [0.25, 0.3) is 5.69 Å². The number of halogens is 1. The average Bonchev–Trinajstić information content (AvgIpc) is 3.56. The zero-order valence-corrected chi connectivity index (χ0v) is 21.5. The Morgan fingerprint density at radius 1 is 1.08 bits per heavy atom. The molecule has 0 N–H and O–H groups in total. The Morgan fingerprint density at radius 2 is 1.87 bits per heavy atom. The predicted octanol–water partition coefficient (Wildman–Crippen LogP) is 5.94. The SMILES string of the molecule is COc1cccc(Oc2c(CN(C[C@H]3CCCO3)C(=O)c3cccc(F)c3)c(C)nn2-c2ccccc2)c1. The van der Waals surface area contributed by atoms with Crippen LogP contribution >= 0.6 is 0 Å². The van der Waals surface area contributed by atoms with Gasteiger partial charge < -0.3 is 19.1 Å². The van der Waals surface area contributed by atoms with Gasteiger partial charge in [0.15, 0.2) is 0 Å². The van der Waals surface area contributed by atoms with E-state index in [-0.39, 0.29) is 24.1 Å². The van der Waals surface area contributed by atoms with Crippen LogP contribution in [0.4, 0.5) is 4.39 Å². The van der Waals surface area contributed by atoms with Crippen molar-refractivity contribution in [2.75, 3.05) is 20.3 Å². The van der Waals surface area contributed by atoms with Gasteiger partial charge in [0.1, 0.15) is 17.3 Å². The first-order valence-electron chi connectivity index (χ1n) is 12.6. The van der Waals surface area contributed by atoms with Gasteiger partial charge in [0.25, 0.3) is 5.91 Å². The fraction of sp³-hybridized carbons (Fsp3) is 0.267. The monoisotopic (exact) mass is 515 g/mol. The van der Waals surface area contributed by atoms with E-state index in [4.69, 9.17) is 19.3 Å². The van der Waals surface area contributed by atoms with Crippen molar-refractivity contribution < 1.29 is 23.4 Å². The molecular formula is C30H30FN3O4. The predicted molar refractivity (Wildman–Crippen MR) is 141 cm³/mol. The molecule has 196 valence electrons. The van der Waals surface area contributed by atoms with Crippen LogP contribution in [0.3, 0.4) is 0 Å². The Kier molecular flexibility index (Phi) is 7.70. The minimum atomic E-state index is -0.456. The minimum absolute atomic E-state index is 0.0836. The van der Waals surface area contributed by atoms with E-state index < -0.39 is 5.82 Å². The first-order chi connectivity index (χ1) is 18.5. The van der Waals surface area contributed by atoms with Gasteiger partial charge in [-0.1, -0.05) is 30.3 Å². The van der Waals surface area contributed by atoms with Gasteiger partial charge in [0.2, 0.25) is 5.88 Å². The molecule has 0 bridgehead atoms. The van der Waals surface area contributed by atoms with E-state index in [1.165, 1.54) is 12.1 Å². The molecule has 1 saturated heterocycles. The smallest absolute Gasteiger partial charge is 0.254 e. The van der Waals surface area contributed by atoms with Crippen LogP contribution < -0.4 is 9.47 Å². The Hall–Kier alpha value is -4.17. The number of hydrogen-bond acceptors (Lipinski definition) is 5. The van der Waals surface area contributed by atoms with Gasteiger partial charge in [0.05, 0.1) is 36.7 Å². The summed E-state index contributed by atoms with van der Waals surface area (Å²) < 4.78 is 33.4. The van der Waals surface area contributed by atoms with Crippen LogP contribution in [0, 0.1) is 12.7 Å². The molecule has 0 unspecified atom stereocenters. The Bertz CT molecular complexity index is 1400. The van der Waals surface area contributed by atoms with Crippen LogP contribution in [0.5, 0.6) is 17.4 Å². The standard InChI is InChI=1S/C30H30FN3O4/c1-21-28(20-33(19-27-15-8-16-37-27)29(35)22-9-6-10-23(31)17-22)30(34(32-21)24-11-4-3-5-12-24)38-26-14-7-13-25(18-26)36-2/h3-7,9-14,17-18,27H,8,15-16,19-20H2,1-2H3/t27-/m1/s1. The number of aryl methyl sites for hydroxylation is 1. The van der Waals surface area contributed by atoms with Gasteiger partial charge in [-0.15, -0.1) is 0 Å². The average molecular weight is 516 g/mol. The molecule has 4 aromatic rings. The van der Waals surface area contributed by atoms with Crippen LogP contribution in [-0.2, 0) is 11.3 Å². The molecule has 0 saturated carbocycles. The number of nitrogens with zero attached hydrogens (tertiary/aromatic N) is 3. The Balaban J connectivity index is 1.55. The number of amides is 1. The fourth-order valence-corrected chi connectivity index (χ4v) is 4.59. The lowest BCUT2D eigenvalue weighted by atomic mass is 10.1. The maximum atomic E-state index is 14.0. The Morgan fingerprint density at radius 3 is 2.61 bits per heavy atom. The van der Waals surface area contributed by atoms with E-state index in [1.807, 2.05) is 55.5 Å². The van der Waals surface area contributed by atoms with Crippen molar-refractivity contribution in [1.29, 1.82) is 0 Å². The highest BCUT2D eigenvalue weighted by Gasteiger charge is 2.28. The lowest BCUT2D eigenvalue weighted by Crippen LogP contribution is -2.37. The van der Waals surface area contributed by atoms with E-state index in [0.717, 1.165) is 29.8 Å². The first kappa shape index (κ1) is 25.5. The van der Waals surface area contributed by atoms with Crippen molar-refractivity contribution in [2.24, 2.45) is 0 Å². The van der Waals surface area contributed by atoms with Gasteiger partial charge >= 0.3 is 0 Å². The largest absolute Gasteiger partial charge is 0.497 e. The molecule has 0 aliphatic carbocycles. The fourth-order valence-electron chi connectivity index (χ4n) is 4.59. The highest BCUT2D eigenvalue weighted by Crippen LogP contribution is 2.33. The number of carbonyl (C=O) groups excluding carboxylic acids is 1. The molecule has 8 heteroatoms. The molecule has 1 atom stereocenters. The van der Waals surface area contributed by atoms with Crippen LogP contribution in [0.1, 0.15) is 34.5 Å². The van der Waals surface area contributed by atoms with Crippen LogP contribution in [0.2, 0.25) is 0 Å². The number of benzene rings is 3. The molecule has 0 radical (unpaired) electrons. The van der Waals surface area contributed by atoms with Crippen molar-refractivity contribution in [3.63, 3.8) is 0 Å². The van der Waals surface area contributed by atoms with Gasteiger partial charge in [-0.25, -0.2) is 9.07 Å². The lowest BCUT2D eigenvalue weighted by Gasteiger charge is -2.26. The zero-order valence-electron chi connectivity index (χ0n) is 21.5. The summed E-state index contributed by atoms with van der Waals surface area (Å²) in [4.78, 5) is 15.3. The molecule has 3 aromatic carbocycles. The quantitative estimate of drug-likeness (QED) is 0.276. The van der Waals surface area contributed by atoms with Gasteiger partial charge in [-0.2, -0.15) is 5.10 Å². The van der Waals surface area contributed by atoms with E-state index in [2.05, 4.69) is 0 Å². The number of rotatable bonds is 9. The molecule has 1 aliphatic rings. The summed E-state index contributed by atoms with van der Waals surface area (Å²) in [6, 6.07) is 22.8. The summed E-state index contributed by atoms with van der Waals surface area (Å²) in [6.45, 7) is 3.16. The number of carbonyl (C=O) groups is 1. The molecular weight excluding hydrogens is 485 g/mol. The maximum absolute atomic E-state index is 14.0.